The number of nitrogens with zero attached hydrogens (tertiary/aromatic N) is 2. The maximum Gasteiger partial charge on any atom is 0.272 e. The SMILES string of the molecule is CCNc1cccc(C(=O)N2CC(CO)OC(C)(C)C2)n1. The minimum absolute atomic E-state index is 0.0991. The van der Waals surface area contributed by atoms with Crippen molar-refractivity contribution in [1.29, 1.82) is 0 Å². The van der Waals surface area contributed by atoms with Crippen LogP contribution in [0.15, 0.2) is 18.2 Å². The lowest BCUT2D eigenvalue weighted by Crippen LogP contribution is -2.55. The first-order chi connectivity index (χ1) is 9.95. The summed E-state index contributed by atoms with van der Waals surface area (Å²) >= 11 is 0. The van der Waals surface area contributed by atoms with E-state index in [0.29, 0.717) is 24.6 Å². The Morgan fingerprint density at radius 3 is 3.00 bits per heavy atom. The largest absolute Gasteiger partial charge is 0.394 e. The predicted molar refractivity (Wildman–Crippen MR) is 80.3 cm³/mol. The number of hydrogen-bond donors (Lipinski definition) is 2. The number of carbonyl (C=O) groups is 1. The average Bonchev–Trinajstić information content (AvgIpc) is 2.45. The third-order valence-corrected chi connectivity index (χ3v) is 3.30. The van der Waals surface area contributed by atoms with E-state index in [1.165, 1.54) is 0 Å². The number of aliphatic hydroxyl groups excluding tert-OH is 1. The van der Waals surface area contributed by atoms with Crippen molar-refractivity contribution in [1.82, 2.24) is 9.88 Å². The van der Waals surface area contributed by atoms with E-state index < -0.39 is 5.60 Å². The molecule has 1 aliphatic heterocycles. The first kappa shape index (κ1) is 15.7. The zero-order valence-electron chi connectivity index (χ0n) is 12.8. The second kappa shape index (κ2) is 6.41. The number of carbonyl (C=O) groups excluding carboxylic acids is 1. The van der Waals surface area contributed by atoms with Gasteiger partial charge in [-0.05, 0) is 32.9 Å². The van der Waals surface area contributed by atoms with Crippen LogP contribution in [0.1, 0.15) is 31.3 Å². The van der Waals surface area contributed by atoms with Gasteiger partial charge in [0.05, 0.1) is 18.3 Å². The molecule has 1 amide bonds. The van der Waals surface area contributed by atoms with Crippen molar-refractivity contribution >= 4 is 11.7 Å². The molecule has 1 fully saturated rings. The van der Waals surface area contributed by atoms with Crippen molar-refractivity contribution in [3.63, 3.8) is 0 Å². The van der Waals surface area contributed by atoms with E-state index in [1.54, 1.807) is 11.0 Å². The van der Waals surface area contributed by atoms with Crippen LogP contribution >= 0.6 is 0 Å². The minimum atomic E-state index is -0.472. The third-order valence-electron chi connectivity index (χ3n) is 3.30. The number of nitrogens with one attached hydrogen (secondary N) is 1. The molecular formula is C15H23N3O3. The fourth-order valence-corrected chi connectivity index (χ4v) is 2.54. The van der Waals surface area contributed by atoms with Gasteiger partial charge in [0.15, 0.2) is 0 Å². The highest BCUT2D eigenvalue weighted by molar-refractivity contribution is 5.92. The molecular weight excluding hydrogens is 270 g/mol. The maximum absolute atomic E-state index is 12.6. The second-order valence-corrected chi connectivity index (χ2v) is 5.81. The molecule has 0 aromatic carbocycles. The Morgan fingerprint density at radius 1 is 1.57 bits per heavy atom. The van der Waals surface area contributed by atoms with E-state index in [2.05, 4.69) is 10.3 Å². The molecule has 6 heteroatoms. The number of ether oxygens (including phenoxy) is 1. The number of rotatable bonds is 4. The Kier molecular flexibility index (Phi) is 4.80. The molecule has 2 N–H and O–H groups in total. The molecule has 2 heterocycles. The van der Waals surface area contributed by atoms with E-state index >= 15 is 0 Å². The van der Waals surface area contributed by atoms with Gasteiger partial charge in [-0.15, -0.1) is 0 Å². The van der Waals surface area contributed by atoms with Crippen LogP contribution in [0.25, 0.3) is 0 Å². The van der Waals surface area contributed by atoms with Crippen molar-refractivity contribution in [2.24, 2.45) is 0 Å². The molecule has 1 aromatic rings. The normalized spacial score (nSPS) is 21.1. The molecule has 0 bridgehead atoms. The van der Waals surface area contributed by atoms with Crippen LogP contribution in [-0.2, 0) is 4.74 Å². The Hall–Kier alpha value is -1.66. The number of hydrogen-bond acceptors (Lipinski definition) is 5. The molecule has 0 saturated carbocycles. The van der Waals surface area contributed by atoms with Crippen LogP contribution in [0.5, 0.6) is 0 Å². The van der Waals surface area contributed by atoms with Gasteiger partial charge in [0, 0.05) is 19.6 Å². The lowest BCUT2D eigenvalue weighted by molar-refractivity contribution is -0.139. The number of morpholine rings is 1. The summed E-state index contributed by atoms with van der Waals surface area (Å²) in [6, 6.07) is 5.35. The van der Waals surface area contributed by atoms with Gasteiger partial charge in [-0.25, -0.2) is 4.98 Å². The summed E-state index contributed by atoms with van der Waals surface area (Å²) < 4.78 is 5.72. The molecule has 21 heavy (non-hydrogen) atoms. The van der Waals surface area contributed by atoms with Crippen molar-refractivity contribution < 1.29 is 14.6 Å². The van der Waals surface area contributed by atoms with Crippen molar-refractivity contribution in [2.45, 2.75) is 32.5 Å². The molecule has 1 aromatic heterocycles. The van der Waals surface area contributed by atoms with Crippen molar-refractivity contribution in [2.75, 3.05) is 31.6 Å². The van der Waals surface area contributed by atoms with Gasteiger partial charge in [0.25, 0.3) is 5.91 Å². The lowest BCUT2D eigenvalue weighted by atomic mass is 10.0. The van der Waals surface area contributed by atoms with Crippen molar-refractivity contribution in [3.8, 4) is 0 Å². The van der Waals surface area contributed by atoms with Gasteiger partial charge in [-0.2, -0.15) is 0 Å². The zero-order valence-corrected chi connectivity index (χ0v) is 12.8. The first-order valence-electron chi connectivity index (χ1n) is 7.24. The standard InChI is InChI=1S/C15H23N3O3/c1-4-16-13-7-5-6-12(17-13)14(20)18-8-11(9-19)21-15(2,3)10-18/h5-7,11,19H,4,8-10H2,1-3H3,(H,16,17). The summed E-state index contributed by atoms with van der Waals surface area (Å²) in [6.07, 6.45) is -0.352. The van der Waals surface area contributed by atoms with E-state index in [9.17, 15) is 9.90 Å². The van der Waals surface area contributed by atoms with Crippen LogP contribution in [0.4, 0.5) is 5.82 Å². The second-order valence-electron chi connectivity index (χ2n) is 5.81. The number of aliphatic hydroxyl groups is 1. The summed E-state index contributed by atoms with van der Waals surface area (Å²) in [4.78, 5) is 18.6. The quantitative estimate of drug-likeness (QED) is 0.870. The predicted octanol–water partition coefficient (Wildman–Crippen LogP) is 1.13. The third kappa shape index (κ3) is 3.92. The Morgan fingerprint density at radius 2 is 2.33 bits per heavy atom. The highest BCUT2D eigenvalue weighted by atomic mass is 16.5. The molecule has 0 spiro atoms. The maximum atomic E-state index is 12.6. The molecule has 0 aliphatic carbocycles. The van der Waals surface area contributed by atoms with Crippen LogP contribution in [0, 0.1) is 0 Å². The zero-order chi connectivity index (χ0) is 15.5. The average molecular weight is 293 g/mol. The molecule has 0 radical (unpaired) electrons. The smallest absolute Gasteiger partial charge is 0.272 e. The molecule has 1 aliphatic rings. The Labute approximate surface area is 125 Å². The first-order valence-corrected chi connectivity index (χ1v) is 7.24. The fourth-order valence-electron chi connectivity index (χ4n) is 2.54. The van der Waals surface area contributed by atoms with Crippen molar-refractivity contribution in [3.05, 3.63) is 23.9 Å². The van der Waals surface area contributed by atoms with Crippen LogP contribution in [-0.4, -0.2) is 58.8 Å². The fraction of sp³-hybridized carbons (Fsp3) is 0.600. The van der Waals surface area contributed by atoms with Gasteiger partial charge >= 0.3 is 0 Å². The number of anilines is 1. The summed E-state index contributed by atoms with van der Waals surface area (Å²) in [5, 5.41) is 12.4. The van der Waals surface area contributed by atoms with Crippen LogP contribution in [0.2, 0.25) is 0 Å². The molecule has 1 unspecified atom stereocenters. The minimum Gasteiger partial charge on any atom is -0.394 e. The number of amides is 1. The van der Waals surface area contributed by atoms with Crippen LogP contribution in [0.3, 0.4) is 0 Å². The monoisotopic (exact) mass is 293 g/mol. The van der Waals surface area contributed by atoms with E-state index in [4.69, 9.17) is 4.74 Å². The lowest BCUT2D eigenvalue weighted by Gasteiger charge is -2.42. The molecule has 116 valence electrons. The van der Waals surface area contributed by atoms with E-state index in [-0.39, 0.29) is 18.6 Å². The van der Waals surface area contributed by atoms with E-state index in [1.807, 2.05) is 32.9 Å². The molecule has 2 rings (SSSR count). The van der Waals surface area contributed by atoms with E-state index in [0.717, 1.165) is 6.54 Å². The topological polar surface area (TPSA) is 74.7 Å². The van der Waals surface area contributed by atoms with Gasteiger partial charge in [0.2, 0.25) is 0 Å². The highest BCUT2D eigenvalue weighted by Crippen LogP contribution is 2.22. The summed E-state index contributed by atoms with van der Waals surface area (Å²) in [6.45, 7) is 7.32. The molecule has 1 atom stereocenters. The Balaban J connectivity index is 2.16. The number of aromatic nitrogens is 1. The van der Waals surface area contributed by atoms with Crippen LogP contribution < -0.4 is 5.32 Å². The van der Waals surface area contributed by atoms with Gasteiger partial charge in [-0.1, -0.05) is 6.07 Å². The summed E-state index contributed by atoms with van der Waals surface area (Å²) in [5.41, 5.74) is -0.0662. The Bertz CT molecular complexity index is 505. The molecule has 1 saturated heterocycles. The van der Waals surface area contributed by atoms with Gasteiger partial charge in [-0.3, -0.25) is 4.79 Å². The summed E-state index contributed by atoms with van der Waals surface area (Å²) in [5.74, 6) is 0.555. The highest BCUT2D eigenvalue weighted by Gasteiger charge is 2.35. The number of pyridine rings is 1. The molecule has 6 nitrogen and oxygen atoms in total. The van der Waals surface area contributed by atoms with Gasteiger partial charge in [0.1, 0.15) is 11.5 Å². The van der Waals surface area contributed by atoms with Gasteiger partial charge < -0.3 is 20.1 Å². The summed E-state index contributed by atoms with van der Waals surface area (Å²) in [7, 11) is 0.